The number of ether oxygens (including phenoxy) is 1. The Hall–Kier alpha value is -2.19. The molecule has 6 nitrogen and oxygen atoms in total. The molecule has 1 heterocycles. The van der Waals surface area contributed by atoms with Crippen LogP contribution in [0.15, 0.2) is 39.9 Å². The maximum absolute atomic E-state index is 13.5. The molecule has 162 valence electrons. The number of carbonyl (C=O) groups is 2. The van der Waals surface area contributed by atoms with Gasteiger partial charge >= 0.3 is 5.97 Å². The molecular formula is C22H27NO5S2. The van der Waals surface area contributed by atoms with Crippen molar-refractivity contribution >= 4 is 33.1 Å². The molecule has 0 N–H and O–H groups in total. The highest BCUT2D eigenvalue weighted by molar-refractivity contribution is 7.93. The molecule has 0 radical (unpaired) electrons. The number of sulfone groups is 1. The van der Waals surface area contributed by atoms with E-state index in [1.165, 1.54) is 4.90 Å². The monoisotopic (exact) mass is 449 g/mol. The van der Waals surface area contributed by atoms with Crippen LogP contribution in [0.25, 0.3) is 0 Å². The van der Waals surface area contributed by atoms with Crippen LogP contribution in [0.5, 0.6) is 0 Å². The van der Waals surface area contributed by atoms with E-state index in [9.17, 15) is 18.0 Å². The topological polar surface area (TPSA) is 80.7 Å². The fourth-order valence-corrected chi connectivity index (χ4v) is 6.54. The minimum atomic E-state index is -3.95. The number of thiophene rings is 1. The molecule has 1 aliphatic carbocycles. The normalized spacial score (nSPS) is 15.7. The van der Waals surface area contributed by atoms with Crippen molar-refractivity contribution in [1.29, 1.82) is 0 Å². The minimum absolute atomic E-state index is 0.130. The van der Waals surface area contributed by atoms with Crippen LogP contribution >= 0.6 is 11.3 Å². The van der Waals surface area contributed by atoms with Gasteiger partial charge in [-0.15, -0.1) is 0 Å². The maximum atomic E-state index is 13.5. The van der Waals surface area contributed by atoms with Crippen molar-refractivity contribution in [3.05, 3.63) is 51.7 Å². The minimum Gasteiger partial charge on any atom is -0.454 e. The number of esters is 1. The van der Waals surface area contributed by atoms with E-state index in [4.69, 9.17) is 4.74 Å². The Morgan fingerprint density at radius 2 is 1.83 bits per heavy atom. The maximum Gasteiger partial charge on any atom is 0.328 e. The van der Waals surface area contributed by atoms with Crippen molar-refractivity contribution in [2.45, 2.75) is 55.7 Å². The quantitative estimate of drug-likeness (QED) is 0.603. The summed E-state index contributed by atoms with van der Waals surface area (Å²) in [4.78, 5) is 27.0. The van der Waals surface area contributed by atoms with Crippen LogP contribution in [-0.4, -0.2) is 43.6 Å². The Morgan fingerprint density at radius 1 is 1.13 bits per heavy atom. The molecule has 1 aliphatic rings. The van der Waals surface area contributed by atoms with Gasteiger partial charge in [0.2, 0.25) is 0 Å². The number of rotatable bonds is 7. The highest BCUT2D eigenvalue weighted by Crippen LogP contribution is 2.41. The Balaban J connectivity index is 1.75. The SMILES string of the molecule is Cc1ccc(S(=O)(=O)C2(C(=O)OCC(=O)N(C)Cc3ccsc3)CCCC2)cc1C. The van der Waals surface area contributed by atoms with Gasteiger partial charge in [-0.2, -0.15) is 11.3 Å². The fraction of sp³-hybridized carbons (Fsp3) is 0.455. The molecule has 2 aromatic rings. The zero-order valence-corrected chi connectivity index (χ0v) is 19.1. The Kier molecular flexibility index (Phi) is 6.67. The third-order valence-corrected chi connectivity index (χ3v) is 9.05. The predicted octanol–water partition coefficient (Wildman–Crippen LogP) is 3.65. The van der Waals surface area contributed by atoms with Gasteiger partial charge < -0.3 is 9.64 Å². The summed E-state index contributed by atoms with van der Waals surface area (Å²) in [6.45, 7) is 3.69. The van der Waals surface area contributed by atoms with E-state index in [0.29, 0.717) is 19.4 Å². The Labute approximate surface area is 181 Å². The van der Waals surface area contributed by atoms with Gasteiger partial charge in [-0.25, -0.2) is 8.42 Å². The standard InChI is InChI=1S/C22H27NO5S2/c1-16-6-7-19(12-17(16)2)30(26,27)22(9-4-5-10-22)21(25)28-14-20(24)23(3)13-18-8-11-29-15-18/h6-8,11-12,15H,4-5,9-10,13-14H2,1-3H3. The zero-order valence-electron chi connectivity index (χ0n) is 17.5. The van der Waals surface area contributed by atoms with Crippen molar-refractivity contribution < 1.29 is 22.7 Å². The predicted molar refractivity (Wildman–Crippen MR) is 116 cm³/mol. The first-order valence-electron chi connectivity index (χ1n) is 9.91. The summed E-state index contributed by atoms with van der Waals surface area (Å²) in [6.07, 6.45) is 1.68. The molecule has 0 unspecified atom stereocenters. The lowest BCUT2D eigenvalue weighted by Gasteiger charge is -2.27. The average Bonchev–Trinajstić information content (AvgIpc) is 3.40. The van der Waals surface area contributed by atoms with E-state index in [2.05, 4.69) is 0 Å². The molecule has 0 bridgehead atoms. The van der Waals surface area contributed by atoms with E-state index in [1.54, 1.807) is 36.6 Å². The van der Waals surface area contributed by atoms with Crippen molar-refractivity contribution in [1.82, 2.24) is 4.90 Å². The molecule has 0 atom stereocenters. The van der Waals surface area contributed by atoms with Gasteiger partial charge in [0, 0.05) is 13.6 Å². The lowest BCUT2D eigenvalue weighted by Crippen LogP contribution is -2.46. The van der Waals surface area contributed by atoms with Gasteiger partial charge in [0.15, 0.2) is 21.2 Å². The number of amides is 1. The van der Waals surface area contributed by atoms with Crippen LogP contribution in [0.1, 0.15) is 42.4 Å². The number of hydrogen-bond acceptors (Lipinski definition) is 6. The molecule has 0 aliphatic heterocycles. The van der Waals surface area contributed by atoms with Gasteiger partial charge in [-0.3, -0.25) is 9.59 Å². The first-order chi connectivity index (χ1) is 14.2. The first kappa shape index (κ1) is 22.5. The molecule has 1 aromatic carbocycles. The van der Waals surface area contributed by atoms with Crippen LogP contribution in [0.4, 0.5) is 0 Å². The van der Waals surface area contributed by atoms with Crippen molar-refractivity contribution in [2.75, 3.05) is 13.7 Å². The highest BCUT2D eigenvalue weighted by Gasteiger charge is 2.54. The summed E-state index contributed by atoms with van der Waals surface area (Å²) in [5.74, 6) is -1.19. The van der Waals surface area contributed by atoms with E-state index < -0.39 is 27.2 Å². The summed E-state index contributed by atoms with van der Waals surface area (Å²) in [5, 5.41) is 3.87. The molecule has 1 amide bonds. The summed E-state index contributed by atoms with van der Waals surface area (Å²) >= 11 is 1.54. The third-order valence-electron chi connectivity index (χ3n) is 5.84. The van der Waals surface area contributed by atoms with E-state index in [-0.39, 0.29) is 23.6 Å². The van der Waals surface area contributed by atoms with Gasteiger partial charge in [0.1, 0.15) is 0 Å². The van der Waals surface area contributed by atoms with Crippen LogP contribution in [0, 0.1) is 13.8 Å². The van der Waals surface area contributed by atoms with Gasteiger partial charge in [-0.05, 0) is 72.3 Å². The molecule has 1 saturated carbocycles. The molecule has 1 aromatic heterocycles. The van der Waals surface area contributed by atoms with Crippen LogP contribution < -0.4 is 0 Å². The Morgan fingerprint density at radius 3 is 2.43 bits per heavy atom. The Bertz CT molecular complexity index is 1020. The number of nitrogens with zero attached hydrogens (tertiary/aromatic N) is 1. The van der Waals surface area contributed by atoms with E-state index in [0.717, 1.165) is 16.7 Å². The molecular weight excluding hydrogens is 422 g/mol. The zero-order chi connectivity index (χ0) is 21.9. The molecule has 0 saturated heterocycles. The lowest BCUT2D eigenvalue weighted by molar-refractivity contribution is -0.153. The van der Waals surface area contributed by atoms with Crippen LogP contribution in [0.3, 0.4) is 0 Å². The number of carbonyl (C=O) groups excluding carboxylic acids is 2. The highest BCUT2D eigenvalue weighted by atomic mass is 32.2. The summed E-state index contributed by atoms with van der Waals surface area (Å²) in [6, 6.07) is 6.83. The smallest absolute Gasteiger partial charge is 0.328 e. The molecule has 30 heavy (non-hydrogen) atoms. The van der Waals surface area contributed by atoms with Gasteiger partial charge in [-0.1, -0.05) is 18.9 Å². The lowest BCUT2D eigenvalue weighted by atomic mass is 10.1. The largest absolute Gasteiger partial charge is 0.454 e. The summed E-state index contributed by atoms with van der Waals surface area (Å²) in [5.41, 5.74) is 2.82. The molecule has 8 heteroatoms. The first-order valence-corrected chi connectivity index (χ1v) is 12.3. The summed E-state index contributed by atoms with van der Waals surface area (Å²) < 4.78 is 30.6. The average molecular weight is 450 g/mol. The van der Waals surface area contributed by atoms with Crippen LogP contribution in [0.2, 0.25) is 0 Å². The molecule has 1 fully saturated rings. The second kappa shape index (κ2) is 8.89. The van der Waals surface area contributed by atoms with Crippen molar-refractivity contribution in [3.8, 4) is 0 Å². The van der Waals surface area contributed by atoms with Crippen LogP contribution in [-0.2, 0) is 30.7 Å². The van der Waals surface area contributed by atoms with E-state index >= 15 is 0 Å². The van der Waals surface area contributed by atoms with Gasteiger partial charge in [0.05, 0.1) is 4.90 Å². The molecule has 3 rings (SSSR count). The molecule has 0 spiro atoms. The van der Waals surface area contributed by atoms with Gasteiger partial charge in [0.25, 0.3) is 5.91 Å². The number of hydrogen-bond donors (Lipinski definition) is 0. The fourth-order valence-electron chi connectivity index (χ4n) is 3.75. The van der Waals surface area contributed by atoms with Crippen molar-refractivity contribution in [2.24, 2.45) is 0 Å². The second-order valence-corrected chi connectivity index (χ2v) is 10.9. The third kappa shape index (κ3) is 4.30. The van der Waals surface area contributed by atoms with Crippen molar-refractivity contribution in [3.63, 3.8) is 0 Å². The number of likely N-dealkylation sites (N-methyl/N-ethyl adjacent to an activating group) is 1. The number of aryl methyl sites for hydroxylation is 2. The summed E-state index contributed by atoms with van der Waals surface area (Å²) in [7, 11) is -2.32. The number of benzene rings is 1. The second-order valence-electron chi connectivity index (χ2n) is 7.91. The van der Waals surface area contributed by atoms with E-state index in [1.807, 2.05) is 30.7 Å².